The van der Waals surface area contributed by atoms with Gasteiger partial charge >= 0.3 is 0 Å². The molecule has 1 unspecified atom stereocenters. The van der Waals surface area contributed by atoms with Crippen molar-refractivity contribution in [3.8, 4) is 0 Å². The Balaban J connectivity index is 1.65. The summed E-state index contributed by atoms with van der Waals surface area (Å²) in [6.45, 7) is 1.60. The van der Waals surface area contributed by atoms with Crippen LogP contribution < -0.4 is 4.90 Å². The molecule has 112 valence electrons. The van der Waals surface area contributed by atoms with E-state index in [-0.39, 0.29) is 5.92 Å². The molecular formula is C14H16Cl2N4O. The molecule has 1 saturated heterocycles. The summed E-state index contributed by atoms with van der Waals surface area (Å²) in [5.74, 6) is 1.58. The first-order chi connectivity index (χ1) is 10.1. The summed E-state index contributed by atoms with van der Waals surface area (Å²) >= 11 is 12.1. The molecule has 21 heavy (non-hydrogen) atoms. The van der Waals surface area contributed by atoms with E-state index in [9.17, 15) is 5.11 Å². The van der Waals surface area contributed by atoms with Crippen LogP contribution in [0.15, 0.2) is 24.7 Å². The zero-order valence-corrected chi connectivity index (χ0v) is 12.8. The lowest BCUT2D eigenvalue weighted by Gasteiger charge is -2.34. The average Bonchev–Trinajstić information content (AvgIpc) is 3.01. The van der Waals surface area contributed by atoms with Crippen molar-refractivity contribution in [1.29, 1.82) is 0 Å². The number of aliphatic hydroxyl groups is 1. The van der Waals surface area contributed by atoms with Crippen LogP contribution in [0.5, 0.6) is 0 Å². The number of aliphatic hydroxyl groups excluding tert-OH is 1. The van der Waals surface area contributed by atoms with E-state index in [1.807, 2.05) is 0 Å². The van der Waals surface area contributed by atoms with Gasteiger partial charge in [-0.05, 0) is 24.8 Å². The molecule has 0 saturated carbocycles. The van der Waals surface area contributed by atoms with Gasteiger partial charge in [0.05, 0.1) is 10.0 Å². The molecule has 1 atom stereocenters. The van der Waals surface area contributed by atoms with Crippen molar-refractivity contribution in [2.75, 3.05) is 18.0 Å². The van der Waals surface area contributed by atoms with E-state index < -0.39 is 6.10 Å². The summed E-state index contributed by atoms with van der Waals surface area (Å²) < 4.78 is 0. The van der Waals surface area contributed by atoms with Gasteiger partial charge in [-0.3, -0.25) is 0 Å². The van der Waals surface area contributed by atoms with Gasteiger partial charge in [-0.1, -0.05) is 23.2 Å². The molecule has 0 aliphatic carbocycles. The Morgan fingerprint density at radius 2 is 2.05 bits per heavy atom. The summed E-state index contributed by atoms with van der Waals surface area (Å²) in [5.41, 5.74) is 0. The number of hydrogen-bond donors (Lipinski definition) is 2. The Morgan fingerprint density at radius 3 is 2.67 bits per heavy atom. The van der Waals surface area contributed by atoms with Crippen LogP contribution in [0.4, 0.5) is 5.82 Å². The third kappa shape index (κ3) is 3.15. The summed E-state index contributed by atoms with van der Waals surface area (Å²) in [6.07, 6.45) is 6.17. The van der Waals surface area contributed by atoms with Crippen LogP contribution in [0.2, 0.25) is 10.0 Å². The molecule has 2 N–H and O–H groups in total. The molecule has 2 aromatic rings. The maximum absolute atomic E-state index is 10.3. The zero-order chi connectivity index (χ0) is 14.8. The second-order valence-electron chi connectivity index (χ2n) is 5.20. The third-order valence-electron chi connectivity index (χ3n) is 3.87. The fraction of sp³-hybridized carbons (Fsp3) is 0.429. The van der Waals surface area contributed by atoms with Crippen LogP contribution in [-0.4, -0.2) is 33.1 Å². The Labute approximate surface area is 132 Å². The topological polar surface area (TPSA) is 65.0 Å². The van der Waals surface area contributed by atoms with Crippen molar-refractivity contribution in [3.05, 3.63) is 40.5 Å². The Hall–Kier alpha value is -1.30. The van der Waals surface area contributed by atoms with Crippen molar-refractivity contribution in [2.24, 2.45) is 5.92 Å². The number of anilines is 1. The minimum absolute atomic E-state index is 0.193. The van der Waals surface area contributed by atoms with Crippen molar-refractivity contribution in [3.63, 3.8) is 0 Å². The first kappa shape index (κ1) is 14.6. The van der Waals surface area contributed by atoms with E-state index in [1.54, 1.807) is 24.7 Å². The molecule has 1 aliphatic heterocycles. The predicted octanol–water partition coefficient (Wildman–Crippen LogP) is 3.06. The van der Waals surface area contributed by atoms with Gasteiger partial charge in [-0.2, -0.15) is 0 Å². The average molecular weight is 327 g/mol. The number of rotatable bonds is 3. The molecule has 3 heterocycles. The van der Waals surface area contributed by atoms with Gasteiger partial charge in [0.1, 0.15) is 17.7 Å². The van der Waals surface area contributed by atoms with Gasteiger partial charge in [0, 0.05) is 31.7 Å². The normalized spacial score (nSPS) is 18.0. The standard InChI is InChI=1S/C14H16Cl2N4O/c15-10-7-11(16)14(19-8-10)20-5-1-9(2-6-20)12(21)13-17-3-4-18-13/h3-4,7-9,12,21H,1-2,5-6H2,(H,17,18). The van der Waals surface area contributed by atoms with Crippen molar-refractivity contribution >= 4 is 29.0 Å². The Kier molecular flexibility index (Phi) is 4.33. The van der Waals surface area contributed by atoms with Crippen LogP contribution in [0.3, 0.4) is 0 Å². The van der Waals surface area contributed by atoms with Crippen LogP contribution >= 0.6 is 23.2 Å². The van der Waals surface area contributed by atoms with Crippen LogP contribution in [0, 0.1) is 5.92 Å². The van der Waals surface area contributed by atoms with Gasteiger partial charge < -0.3 is 15.0 Å². The van der Waals surface area contributed by atoms with Gasteiger partial charge in [-0.15, -0.1) is 0 Å². The van der Waals surface area contributed by atoms with E-state index >= 15 is 0 Å². The molecule has 0 spiro atoms. The van der Waals surface area contributed by atoms with E-state index in [0.717, 1.165) is 31.7 Å². The van der Waals surface area contributed by atoms with Crippen LogP contribution in [0.25, 0.3) is 0 Å². The summed E-state index contributed by atoms with van der Waals surface area (Å²) in [4.78, 5) is 13.5. The number of aromatic nitrogens is 3. The molecule has 2 aromatic heterocycles. The Bertz CT molecular complexity index is 597. The maximum Gasteiger partial charge on any atom is 0.147 e. The fourth-order valence-electron chi connectivity index (χ4n) is 2.73. The zero-order valence-electron chi connectivity index (χ0n) is 11.3. The Morgan fingerprint density at radius 1 is 1.29 bits per heavy atom. The number of nitrogens with one attached hydrogen (secondary N) is 1. The number of H-pyrrole nitrogens is 1. The quantitative estimate of drug-likeness (QED) is 0.909. The van der Waals surface area contributed by atoms with Crippen molar-refractivity contribution < 1.29 is 5.11 Å². The SMILES string of the molecule is OC(c1ncc[nH]1)C1CCN(c2ncc(Cl)cc2Cl)CC1. The number of nitrogens with zero attached hydrogens (tertiary/aromatic N) is 3. The molecule has 0 radical (unpaired) electrons. The molecule has 5 nitrogen and oxygen atoms in total. The number of aromatic amines is 1. The molecular weight excluding hydrogens is 311 g/mol. The van der Waals surface area contributed by atoms with E-state index in [4.69, 9.17) is 23.2 Å². The van der Waals surface area contributed by atoms with E-state index in [2.05, 4.69) is 19.9 Å². The molecule has 0 aromatic carbocycles. The number of hydrogen-bond acceptors (Lipinski definition) is 4. The highest BCUT2D eigenvalue weighted by Crippen LogP contribution is 2.33. The molecule has 0 amide bonds. The summed E-state index contributed by atoms with van der Waals surface area (Å²) in [7, 11) is 0. The van der Waals surface area contributed by atoms with Gasteiger partial charge in [0.2, 0.25) is 0 Å². The van der Waals surface area contributed by atoms with Gasteiger partial charge in [0.15, 0.2) is 0 Å². The first-order valence-corrected chi connectivity index (χ1v) is 7.64. The number of piperidine rings is 1. The van der Waals surface area contributed by atoms with E-state index in [1.165, 1.54) is 0 Å². The largest absolute Gasteiger partial charge is 0.385 e. The van der Waals surface area contributed by atoms with E-state index in [0.29, 0.717) is 15.9 Å². The van der Waals surface area contributed by atoms with Crippen LogP contribution in [-0.2, 0) is 0 Å². The summed E-state index contributed by atoms with van der Waals surface area (Å²) in [6, 6.07) is 1.70. The van der Waals surface area contributed by atoms with Crippen molar-refractivity contribution in [2.45, 2.75) is 18.9 Å². The van der Waals surface area contributed by atoms with Crippen molar-refractivity contribution in [1.82, 2.24) is 15.0 Å². The number of halogens is 2. The maximum atomic E-state index is 10.3. The molecule has 7 heteroatoms. The second kappa shape index (κ2) is 6.22. The smallest absolute Gasteiger partial charge is 0.147 e. The van der Waals surface area contributed by atoms with Crippen LogP contribution in [0.1, 0.15) is 24.8 Å². The number of pyridine rings is 1. The minimum atomic E-state index is -0.546. The monoisotopic (exact) mass is 326 g/mol. The lowest BCUT2D eigenvalue weighted by Crippen LogP contribution is -2.36. The minimum Gasteiger partial charge on any atom is -0.385 e. The first-order valence-electron chi connectivity index (χ1n) is 6.88. The second-order valence-corrected chi connectivity index (χ2v) is 6.05. The number of imidazole rings is 1. The fourth-order valence-corrected chi connectivity index (χ4v) is 3.23. The predicted molar refractivity (Wildman–Crippen MR) is 82.7 cm³/mol. The molecule has 1 fully saturated rings. The lowest BCUT2D eigenvalue weighted by atomic mass is 9.91. The highest BCUT2D eigenvalue weighted by molar-refractivity contribution is 6.36. The highest BCUT2D eigenvalue weighted by Gasteiger charge is 2.28. The van der Waals surface area contributed by atoms with Gasteiger partial charge in [-0.25, -0.2) is 9.97 Å². The third-order valence-corrected chi connectivity index (χ3v) is 4.36. The highest BCUT2D eigenvalue weighted by atomic mass is 35.5. The molecule has 0 bridgehead atoms. The lowest BCUT2D eigenvalue weighted by molar-refractivity contribution is 0.0856. The van der Waals surface area contributed by atoms with Gasteiger partial charge in [0.25, 0.3) is 0 Å². The summed E-state index contributed by atoms with van der Waals surface area (Å²) in [5, 5.41) is 11.4. The molecule has 1 aliphatic rings. The molecule has 3 rings (SSSR count).